The standard InChI is InChI=1S/C16H24N2O.ClH/c1-11-7-12(2)9-14(8-11)18(3)16(19)15-6-4-5-13(15)10-17;/h7-9,13,15H,4-6,10,17H2,1-3H3;1H/t13-,15-;/m1./s1. The Morgan fingerprint density at radius 1 is 1.25 bits per heavy atom. The number of amides is 1. The molecule has 2 N–H and O–H groups in total. The maximum Gasteiger partial charge on any atom is 0.230 e. The van der Waals surface area contributed by atoms with E-state index in [0.717, 1.165) is 24.9 Å². The summed E-state index contributed by atoms with van der Waals surface area (Å²) in [5.74, 6) is 0.689. The molecule has 1 aliphatic carbocycles. The summed E-state index contributed by atoms with van der Waals surface area (Å²) < 4.78 is 0. The van der Waals surface area contributed by atoms with Crippen LogP contribution in [0.25, 0.3) is 0 Å². The van der Waals surface area contributed by atoms with Crippen molar-refractivity contribution < 1.29 is 4.79 Å². The molecule has 3 nitrogen and oxygen atoms in total. The number of hydrogen-bond donors (Lipinski definition) is 1. The molecule has 0 bridgehead atoms. The van der Waals surface area contributed by atoms with Crippen LogP contribution in [-0.4, -0.2) is 19.5 Å². The summed E-state index contributed by atoms with van der Waals surface area (Å²) in [6.45, 7) is 4.75. The molecule has 0 heterocycles. The third-order valence-electron chi connectivity index (χ3n) is 4.20. The highest BCUT2D eigenvalue weighted by atomic mass is 35.5. The quantitative estimate of drug-likeness (QED) is 0.932. The monoisotopic (exact) mass is 296 g/mol. The molecule has 1 aromatic carbocycles. The van der Waals surface area contributed by atoms with Crippen molar-refractivity contribution in [1.29, 1.82) is 0 Å². The van der Waals surface area contributed by atoms with Gasteiger partial charge >= 0.3 is 0 Å². The molecular formula is C16H25ClN2O. The third-order valence-corrected chi connectivity index (χ3v) is 4.20. The largest absolute Gasteiger partial charge is 0.330 e. The van der Waals surface area contributed by atoms with Crippen molar-refractivity contribution in [3.05, 3.63) is 29.3 Å². The number of aryl methyl sites for hydroxylation is 2. The maximum absolute atomic E-state index is 12.6. The van der Waals surface area contributed by atoms with Gasteiger partial charge in [0, 0.05) is 18.7 Å². The summed E-state index contributed by atoms with van der Waals surface area (Å²) in [6.07, 6.45) is 3.20. The lowest BCUT2D eigenvalue weighted by molar-refractivity contribution is -0.123. The average Bonchev–Trinajstić information content (AvgIpc) is 2.84. The summed E-state index contributed by atoms with van der Waals surface area (Å²) >= 11 is 0. The smallest absolute Gasteiger partial charge is 0.230 e. The van der Waals surface area contributed by atoms with Crippen LogP contribution in [0.5, 0.6) is 0 Å². The second kappa shape index (κ2) is 7.09. The summed E-state index contributed by atoms with van der Waals surface area (Å²) in [4.78, 5) is 14.4. The van der Waals surface area contributed by atoms with Crippen LogP contribution in [0.3, 0.4) is 0 Å². The van der Waals surface area contributed by atoms with Crippen LogP contribution in [-0.2, 0) is 4.79 Å². The van der Waals surface area contributed by atoms with Gasteiger partial charge in [-0.2, -0.15) is 0 Å². The first-order valence-electron chi connectivity index (χ1n) is 7.09. The van der Waals surface area contributed by atoms with Crippen LogP contribution < -0.4 is 10.6 Å². The fourth-order valence-electron chi connectivity index (χ4n) is 3.16. The van der Waals surface area contributed by atoms with Gasteiger partial charge in [-0.15, -0.1) is 12.4 Å². The Labute approximate surface area is 127 Å². The zero-order chi connectivity index (χ0) is 14.0. The van der Waals surface area contributed by atoms with Crippen molar-refractivity contribution in [3.8, 4) is 0 Å². The van der Waals surface area contributed by atoms with Crippen LogP contribution >= 0.6 is 12.4 Å². The Hall–Kier alpha value is -1.06. The molecule has 0 aliphatic heterocycles. The Kier molecular flexibility index (Phi) is 6.03. The van der Waals surface area contributed by atoms with E-state index in [1.807, 2.05) is 7.05 Å². The molecule has 0 saturated heterocycles. The van der Waals surface area contributed by atoms with Crippen molar-refractivity contribution in [2.24, 2.45) is 17.6 Å². The van der Waals surface area contributed by atoms with Gasteiger partial charge in [-0.25, -0.2) is 0 Å². The van der Waals surface area contributed by atoms with E-state index in [4.69, 9.17) is 5.73 Å². The number of benzene rings is 1. The lowest BCUT2D eigenvalue weighted by Crippen LogP contribution is -2.36. The number of rotatable bonds is 3. The van der Waals surface area contributed by atoms with E-state index < -0.39 is 0 Å². The van der Waals surface area contributed by atoms with Gasteiger partial charge in [0.1, 0.15) is 0 Å². The molecule has 112 valence electrons. The van der Waals surface area contributed by atoms with E-state index in [2.05, 4.69) is 32.0 Å². The molecule has 1 amide bonds. The molecule has 1 aromatic rings. The highest BCUT2D eigenvalue weighted by Crippen LogP contribution is 2.33. The summed E-state index contributed by atoms with van der Waals surface area (Å²) in [7, 11) is 1.88. The molecule has 0 spiro atoms. The minimum Gasteiger partial charge on any atom is -0.330 e. The SMILES string of the molecule is Cc1cc(C)cc(N(C)C(=O)[C@@H]2CCC[C@@H]2CN)c1.Cl. The molecule has 4 heteroatoms. The molecule has 0 radical (unpaired) electrons. The normalized spacial score (nSPS) is 21.4. The van der Waals surface area contributed by atoms with Crippen molar-refractivity contribution in [2.75, 3.05) is 18.5 Å². The minimum absolute atomic E-state index is 0. The second-order valence-electron chi connectivity index (χ2n) is 5.78. The van der Waals surface area contributed by atoms with Gasteiger partial charge in [-0.1, -0.05) is 12.5 Å². The maximum atomic E-state index is 12.6. The number of nitrogens with two attached hydrogens (primary N) is 1. The van der Waals surface area contributed by atoms with Crippen LogP contribution in [0, 0.1) is 25.7 Å². The van der Waals surface area contributed by atoms with E-state index >= 15 is 0 Å². The molecule has 2 atom stereocenters. The summed E-state index contributed by atoms with van der Waals surface area (Å²) in [5.41, 5.74) is 9.15. The Balaban J connectivity index is 0.00000200. The number of hydrogen-bond acceptors (Lipinski definition) is 2. The summed E-state index contributed by atoms with van der Waals surface area (Å²) in [5, 5.41) is 0. The molecule has 1 saturated carbocycles. The van der Waals surface area contributed by atoms with Crippen molar-refractivity contribution in [1.82, 2.24) is 0 Å². The van der Waals surface area contributed by atoms with Crippen LogP contribution in [0.1, 0.15) is 30.4 Å². The number of carbonyl (C=O) groups excluding carboxylic acids is 1. The average molecular weight is 297 g/mol. The zero-order valence-corrected chi connectivity index (χ0v) is 13.4. The van der Waals surface area contributed by atoms with Gasteiger partial charge in [-0.3, -0.25) is 4.79 Å². The molecular weight excluding hydrogens is 272 g/mol. The van der Waals surface area contributed by atoms with Crippen LogP contribution in [0.4, 0.5) is 5.69 Å². The van der Waals surface area contributed by atoms with Crippen LogP contribution in [0.15, 0.2) is 18.2 Å². The minimum atomic E-state index is 0. The Morgan fingerprint density at radius 2 is 1.85 bits per heavy atom. The van der Waals surface area contributed by atoms with E-state index in [0.29, 0.717) is 12.5 Å². The van der Waals surface area contributed by atoms with E-state index in [-0.39, 0.29) is 24.2 Å². The lowest BCUT2D eigenvalue weighted by Gasteiger charge is -2.25. The predicted molar refractivity (Wildman–Crippen MR) is 86.5 cm³/mol. The van der Waals surface area contributed by atoms with Crippen molar-refractivity contribution in [2.45, 2.75) is 33.1 Å². The number of nitrogens with zero attached hydrogens (tertiary/aromatic N) is 1. The highest BCUT2D eigenvalue weighted by Gasteiger charge is 2.34. The van der Waals surface area contributed by atoms with E-state index in [1.54, 1.807) is 4.90 Å². The number of anilines is 1. The van der Waals surface area contributed by atoms with E-state index in [9.17, 15) is 4.79 Å². The Bertz CT molecular complexity index is 455. The van der Waals surface area contributed by atoms with Gasteiger partial charge in [0.25, 0.3) is 0 Å². The second-order valence-corrected chi connectivity index (χ2v) is 5.78. The predicted octanol–water partition coefficient (Wildman–Crippen LogP) is 3.06. The molecule has 0 unspecified atom stereocenters. The third kappa shape index (κ3) is 3.53. The van der Waals surface area contributed by atoms with Crippen molar-refractivity contribution in [3.63, 3.8) is 0 Å². The zero-order valence-electron chi connectivity index (χ0n) is 12.6. The van der Waals surface area contributed by atoms with E-state index in [1.165, 1.54) is 11.1 Å². The fourth-order valence-corrected chi connectivity index (χ4v) is 3.16. The van der Waals surface area contributed by atoms with Crippen molar-refractivity contribution >= 4 is 24.0 Å². The fraction of sp³-hybridized carbons (Fsp3) is 0.562. The van der Waals surface area contributed by atoms with Gasteiger partial charge < -0.3 is 10.6 Å². The van der Waals surface area contributed by atoms with Gasteiger partial charge in [-0.05, 0) is 62.4 Å². The molecule has 2 rings (SSSR count). The number of carbonyl (C=O) groups is 1. The lowest BCUT2D eigenvalue weighted by atomic mass is 9.94. The first-order valence-corrected chi connectivity index (χ1v) is 7.09. The molecule has 0 aromatic heterocycles. The van der Waals surface area contributed by atoms with Gasteiger partial charge in [0.05, 0.1) is 0 Å². The first-order chi connectivity index (χ1) is 9.02. The number of halogens is 1. The highest BCUT2D eigenvalue weighted by molar-refractivity contribution is 5.95. The summed E-state index contributed by atoms with van der Waals surface area (Å²) in [6, 6.07) is 6.26. The molecule has 1 fully saturated rings. The van der Waals surface area contributed by atoms with Crippen LogP contribution in [0.2, 0.25) is 0 Å². The van der Waals surface area contributed by atoms with Gasteiger partial charge in [0.2, 0.25) is 5.91 Å². The van der Waals surface area contributed by atoms with Gasteiger partial charge in [0.15, 0.2) is 0 Å². The first kappa shape index (κ1) is 17.0. The molecule has 20 heavy (non-hydrogen) atoms. The topological polar surface area (TPSA) is 46.3 Å². The Morgan fingerprint density at radius 3 is 2.40 bits per heavy atom. The molecule has 1 aliphatic rings.